The number of anilines is 1. The number of hydrogen-bond donors (Lipinski definition) is 1. The topological polar surface area (TPSA) is 70.6 Å². The van der Waals surface area contributed by atoms with Crippen LogP contribution in [-0.4, -0.2) is 66.0 Å². The Balaban J connectivity index is 1.39. The Bertz CT molecular complexity index is 893. The third-order valence-electron chi connectivity index (χ3n) is 6.98. The Kier molecular flexibility index (Phi) is 7.25. The molecule has 7 nitrogen and oxygen atoms in total. The van der Waals surface area contributed by atoms with Gasteiger partial charge in [-0.2, -0.15) is 0 Å². The molecule has 0 bridgehead atoms. The van der Waals surface area contributed by atoms with Crippen molar-refractivity contribution in [2.75, 3.05) is 45.7 Å². The molecule has 32 heavy (non-hydrogen) atoms. The number of hydrogen-bond acceptors (Lipinski definition) is 6. The number of nitrogens with one attached hydrogen (secondary N) is 1. The minimum atomic E-state index is 0.0592. The Morgan fingerprint density at radius 2 is 1.84 bits per heavy atom. The lowest BCUT2D eigenvalue weighted by atomic mass is 9.73. The van der Waals surface area contributed by atoms with Crippen molar-refractivity contribution in [3.8, 4) is 5.75 Å². The van der Waals surface area contributed by atoms with Crippen LogP contribution in [0.5, 0.6) is 5.75 Å². The Morgan fingerprint density at radius 3 is 2.59 bits per heavy atom. The van der Waals surface area contributed by atoms with Gasteiger partial charge in [0.2, 0.25) is 5.95 Å². The quantitative estimate of drug-likeness (QED) is 0.794. The van der Waals surface area contributed by atoms with E-state index in [-0.39, 0.29) is 17.9 Å². The number of likely N-dealkylation sites (tertiary alicyclic amines) is 1. The number of aromatic nitrogens is 2. The smallest absolute Gasteiger partial charge is 0.260 e. The van der Waals surface area contributed by atoms with E-state index in [0.717, 1.165) is 63.2 Å². The number of nitrogens with zero attached hydrogens (tertiary/aromatic N) is 4. The number of fused-ring (bicyclic) bond motifs is 1. The Morgan fingerprint density at radius 1 is 1.09 bits per heavy atom. The summed E-state index contributed by atoms with van der Waals surface area (Å²) >= 11 is 0. The van der Waals surface area contributed by atoms with Crippen molar-refractivity contribution in [3.05, 3.63) is 47.8 Å². The van der Waals surface area contributed by atoms with Crippen LogP contribution in [-0.2, 0) is 17.8 Å². The molecule has 172 valence electrons. The fourth-order valence-electron chi connectivity index (χ4n) is 5.00. The number of para-hydroxylation sites is 1. The molecule has 0 saturated carbocycles. The molecule has 0 aliphatic carbocycles. The van der Waals surface area contributed by atoms with Gasteiger partial charge in [-0.1, -0.05) is 24.6 Å². The molecule has 1 aromatic carbocycles. The Labute approximate surface area is 191 Å². The van der Waals surface area contributed by atoms with Gasteiger partial charge in [-0.05, 0) is 62.2 Å². The molecule has 1 fully saturated rings. The van der Waals surface area contributed by atoms with Crippen LogP contribution in [0, 0.1) is 5.41 Å². The summed E-state index contributed by atoms with van der Waals surface area (Å²) in [6.45, 7) is 3.87. The molecule has 4 rings (SSSR count). The molecule has 0 atom stereocenters. The van der Waals surface area contributed by atoms with Crippen LogP contribution in [0.4, 0.5) is 5.95 Å². The number of carbonyl (C=O) groups is 1. The minimum Gasteiger partial charge on any atom is -0.483 e. The molecular formula is C25H35N5O2. The highest BCUT2D eigenvalue weighted by atomic mass is 16.5. The molecule has 1 amide bonds. The van der Waals surface area contributed by atoms with E-state index in [1.807, 2.05) is 43.5 Å². The van der Waals surface area contributed by atoms with E-state index in [1.54, 1.807) is 0 Å². The summed E-state index contributed by atoms with van der Waals surface area (Å²) in [4.78, 5) is 25.8. The highest BCUT2D eigenvalue weighted by Gasteiger charge is 2.36. The van der Waals surface area contributed by atoms with E-state index in [4.69, 9.17) is 4.74 Å². The molecule has 1 saturated heterocycles. The summed E-state index contributed by atoms with van der Waals surface area (Å²) in [7, 11) is 3.76. The van der Waals surface area contributed by atoms with Crippen molar-refractivity contribution < 1.29 is 9.53 Å². The first-order chi connectivity index (χ1) is 15.6. The maximum absolute atomic E-state index is 12.8. The summed E-state index contributed by atoms with van der Waals surface area (Å²) in [5.41, 5.74) is 2.53. The van der Waals surface area contributed by atoms with Gasteiger partial charge < -0.3 is 15.0 Å². The summed E-state index contributed by atoms with van der Waals surface area (Å²) in [6, 6.07) is 8.12. The summed E-state index contributed by atoms with van der Waals surface area (Å²) in [5.74, 6) is 1.56. The van der Waals surface area contributed by atoms with Crippen molar-refractivity contribution in [2.24, 2.45) is 5.41 Å². The van der Waals surface area contributed by atoms with E-state index in [2.05, 4.69) is 32.3 Å². The van der Waals surface area contributed by atoms with Gasteiger partial charge in [0.15, 0.2) is 6.61 Å². The van der Waals surface area contributed by atoms with Crippen LogP contribution < -0.4 is 10.1 Å². The zero-order valence-electron chi connectivity index (χ0n) is 19.3. The lowest BCUT2D eigenvalue weighted by Crippen LogP contribution is -2.47. The summed E-state index contributed by atoms with van der Waals surface area (Å²) in [6.07, 6.45) is 10.5. The van der Waals surface area contributed by atoms with Crippen LogP contribution in [0.3, 0.4) is 0 Å². The molecule has 2 aliphatic heterocycles. The zero-order chi connectivity index (χ0) is 22.4. The second kappa shape index (κ2) is 10.3. The van der Waals surface area contributed by atoms with Gasteiger partial charge in [-0.15, -0.1) is 0 Å². The average molecular weight is 438 g/mol. The van der Waals surface area contributed by atoms with Crippen molar-refractivity contribution in [3.63, 3.8) is 0 Å². The molecule has 7 heteroatoms. The third kappa shape index (κ3) is 5.57. The largest absolute Gasteiger partial charge is 0.483 e. The summed E-state index contributed by atoms with van der Waals surface area (Å²) in [5, 5.41) is 2.96. The van der Waals surface area contributed by atoms with Crippen molar-refractivity contribution in [2.45, 2.75) is 45.1 Å². The average Bonchev–Trinajstić information content (AvgIpc) is 2.82. The number of carbonyl (C=O) groups excluding carboxylic acids is 1. The predicted molar refractivity (Wildman–Crippen MR) is 126 cm³/mol. The fourth-order valence-corrected chi connectivity index (χ4v) is 5.00. The first-order valence-electron chi connectivity index (χ1n) is 11.7. The van der Waals surface area contributed by atoms with Gasteiger partial charge in [-0.3, -0.25) is 9.69 Å². The van der Waals surface area contributed by atoms with Crippen LogP contribution in [0.2, 0.25) is 0 Å². The van der Waals surface area contributed by atoms with Gasteiger partial charge in [0.25, 0.3) is 5.91 Å². The first kappa shape index (κ1) is 22.5. The highest BCUT2D eigenvalue weighted by Crippen LogP contribution is 2.38. The number of piperidine rings is 1. The SMILES string of the molecule is CNc1ncc(CN2CCC3(CCCCc4ccccc4OCC(=O)N(C)C3)CC2)cn1. The molecular weight excluding hydrogens is 402 g/mol. The van der Waals surface area contributed by atoms with Gasteiger partial charge in [0.1, 0.15) is 5.75 Å². The van der Waals surface area contributed by atoms with Crippen LogP contribution >= 0.6 is 0 Å². The summed E-state index contributed by atoms with van der Waals surface area (Å²) < 4.78 is 5.90. The molecule has 0 radical (unpaired) electrons. The van der Waals surface area contributed by atoms with Crippen molar-refractivity contribution in [1.29, 1.82) is 0 Å². The normalized spacial score (nSPS) is 20.1. The van der Waals surface area contributed by atoms with E-state index in [9.17, 15) is 4.79 Å². The van der Waals surface area contributed by atoms with Crippen LogP contribution in [0.25, 0.3) is 0 Å². The van der Waals surface area contributed by atoms with Gasteiger partial charge in [0, 0.05) is 45.1 Å². The van der Waals surface area contributed by atoms with E-state index in [1.165, 1.54) is 18.4 Å². The van der Waals surface area contributed by atoms with Gasteiger partial charge in [0.05, 0.1) is 0 Å². The minimum absolute atomic E-state index is 0.0592. The number of rotatable bonds is 3. The molecule has 1 N–H and O–H groups in total. The lowest BCUT2D eigenvalue weighted by Gasteiger charge is -2.44. The highest BCUT2D eigenvalue weighted by molar-refractivity contribution is 5.77. The van der Waals surface area contributed by atoms with Crippen molar-refractivity contribution >= 4 is 11.9 Å². The second-order valence-corrected chi connectivity index (χ2v) is 9.29. The lowest BCUT2D eigenvalue weighted by molar-refractivity contribution is -0.134. The maximum Gasteiger partial charge on any atom is 0.260 e. The molecule has 2 aromatic rings. The predicted octanol–water partition coefficient (Wildman–Crippen LogP) is 3.36. The molecule has 0 unspecified atom stereocenters. The van der Waals surface area contributed by atoms with Crippen LogP contribution in [0.1, 0.15) is 43.2 Å². The molecule has 2 aliphatic rings. The monoisotopic (exact) mass is 437 g/mol. The second-order valence-electron chi connectivity index (χ2n) is 9.29. The molecule has 1 aromatic heterocycles. The number of likely N-dealkylation sites (N-methyl/N-ethyl adjacent to an activating group) is 1. The number of ether oxygens (including phenoxy) is 1. The van der Waals surface area contributed by atoms with E-state index >= 15 is 0 Å². The zero-order valence-corrected chi connectivity index (χ0v) is 19.3. The third-order valence-corrected chi connectivity index (χ3v) is 6.98. The van der Waals surface area contributed by atoms with E-state index in [0.29, 0.717) is 5.95 Å². The number of amides is 1. The maximum atomic E-state index is 12.8. The van der Waals surface area contributed by atoms with Crippen LogP contribution in [0.15, 0.2) is 36.7 Å². The number of benzene rings is 1. The first-order valence-corrected chi connectivity index (χ1v) is 11.7. The van der Waals surface area contributed by atoms with Crippen molar-refractivity contribution in [1.82, 2.24) is 19.8 Å². The number of aryl methyl sites for hydroxylation is 1. The van der Waals surface area contributed by atoms with Gasteiger partial charge >= 0.3 is 0 Å². The molecule has 1 spiro atoms. The van der Waals surface area contributed by atoms with E-state index < -0.39 is 0 Å². The Hall–Kier alpha value is -2.67. The molecule has 3 heterocycles. The standard InChI is InChI=1S/C25H35N5O2/c1-26-24-27-15-20(16-28-24)17-30-13-11-25(12-14-30)10-6-5-8-21-7-3-4-9-22(21)32-18-23(31)29(2)19-25/h3-4,7,9,15-16H,5-6,8,10-14,17-19H2,1-2H3,(H,26,27,28). The van der Waals surface area contributed by atoms with Gasteiger partial charge in [-0.25, -0.2) is 9.97 Å². The fraction of sp³-hybridized carbons (Fsp3) is 0.560.